The topological polar surface area (TPSA) is 90.7 Å². The first kappa shape index (κ1) is 16.3. The lowest BCUT2D eigenvalue weighted by molar-refractivity contribution is 0.373. The normalized spacial score (nSPS) is 11.0. The highest BCUT2D eigenvalue weighted by molar-refractivity contribution is 6.30. The van der Waals surface area contributed by atoms with E-state index in [9.17, 15) is 4.39 Å². The average Bonchev–Trinajstić information content (AvgIpc) is 3.30. The largest absolute Gasteiger partial charge is 0.421 e. The summed E-state index contributed by atoms with van der Waals surface area (Å²) >= 11 is 5.74. The van der Waals surface area contributed by atoms with Crippen LogP contribution in [0.25, 0.3) is 23.0 Å². The minimum Gasteiger partial charge on any atom is -0.421 e. The third kappa shape index (κ3) is 3.45. The van der Waals surface area contributed by atoms with Crippen molar-refractivity contribution in [2.24, 2.45) is 0 Å². The van der Waals surface area contributed by atoms with Crippen molar-refractivity contribution in [2.75, 3.05) is 0 Å². The second-order valence-corrected chi connectivity index (χ2v) is 5.79. The van der Waals surface area contributed by atoms with Crippen LogP contribution < -0.4 is 0 Å². The van der Waals surface area contributed by atoms with Crippen molar-refractivity contribution in [3.8, 4) is 23.0 Å². The molecular formula is C17H11ClFN5O2. The number of aryl methyl sites for hydroxylation is 2. The van der Waals surface area contributed by atoms with Crippen LogP contribution in [0.5, 0.6) is 0 Å². The van der Waals surface area contributed by atoms with Crippen LogP contribution in [-0.4, -0.2) is 25.3 Å². The van der Waals surface area contributed by atoms with Gasteiger partial charge < -0.3 is 8.94 Å². The molecule has 0 fully saturated rings. The van der Waals surface area contributed by atoms with Crippen LogP contribution in [0.15, 0.2) is 51.5 Å². The van der Waals surface area contributed by atoms with Crippen molar-refractivity contribution in [3.63, 3.8) is 0 Å². The van der Waals surface area contributed by atoms with E-state index in [0.29, 0.717) is 41.2 Å². The Morgan fingerprint density at radius 1 is 1.04 bits per heavy atom. The van der Waals surface area contributed by atoms with E-state index in [1.807, 2.05) is 6.07 Å². The molecule has 0 atom stereocenters. The molecule has 0 bridgehead atoms. The molecule has 9 heteroatoms. The molecule has 7 nitrogen and oxygen atoms in total. The Morgan fingerprint density at radius 3 is 2.73 bits per heavy atom. The molecule has 0 N–H and O–H groups in total. The predicted molar refractivity (Wildman–Crippen MR) is 89.6 cm³/mol. The quantitative estimate of drug-likeness (QED) is 0.527. The third-order valence-electron chi connectivity index (χ3n) is 3.54. The minimum absolute atomic E-state index is 0.0915. The fraction of sp³-hybridized carbons (Fsp3) is 0.118. The molecular weight excluding hydrogens is 361 g/mol. The molecule has 0 radical (unpaired) electrons. The van der Waals surface area contributed by atoms with Crippen LogP contribution in [0.3, 0.4) is 0 Å². The molecule has 0 aliphatic rings. The van der Waals surface area contributed by atoms with E-state index in [1.54, 1.807) is 24.4 Å². The monoisotopic (exact) mass is 371 g/mol. The van der Waals surface area contributed by atoms with Gasteiger partial charge in [0.15, 0.2) is 0 Å². The van der Waals surface area contributed by atoms with Crippen molar-refractivity contribution >= 4 is 11.6 Å². The maximum atomic E-state index is 13.9. The Kier molecular flexibility index (Phi) is 4.40. The van der Waals surface area contributed by atoms with E-state index in [4.69, 9.17) is 20.5 Å². The summed E-state index contributed by atoms with van der Waals surface area (Å²) in [6.07, 6.45) is 2.44. The fourth-order valence-corrected chi connectivity index (χ4v) is 2.45. The summed E-state index contributed by atoms with van der Waals surface area (Å²) in [5, 5.41) is 12.0. The summed E-state index contributed by atoms with van der Waals surface area (Å²) < 4.78 is 24.6. The van der Waals surface area contributed by atoms with Crippen molar-refractivity contribution < 1.29 is 13.3 Å². The summed E-state index contributed by atoms with van der Waals surface area (Å²) in [6, 6.07) is 9.68. The molecule has 3 aromatic heterocycles. The Bertz CT molecular complexity index is 1030. The van der Waals surface area contributed by atoms with Gasteiger partial charge in [-0.05, 0) is 30.3 Å². The van der Waals surface area contributed by atoms with Crippen LogP contribution in [-0.2, 0) is 12.8 Å². The standard InChI is InChI=1S/C17H11ClFN5O2/c18-10-4-5-11(12(19)9-10)17-23-22-15(25-17)7-6-14-21-16(24-26-14)13-3-1-2-8-20-13/h1-5,8-9H,6-7H2. The van der Waals surface area contributed by atoms with Crippen molar-refractivity contribution in [1.29, 1.82) is 0 Å². The molecule has 4 aromatic rings. The second-order valence-electron chi connectivity index (χ2n) is 5.35. The lowest BCUT2D eigenvalue weighted by atomic mass is 10.2. The minimum atomic E-state index is -0.524. The van der Waals surface area contributed by atoms with E-state index in [-0.39, 0.29) is 11.5 Å². The Hall–Kier alpha value is -3.13. The number of halogens is 2. The van der Waals surface area contributed by atoms with E-state index < -0.39 is 5.82 Å². The first-order chi connectivity index (χ1) is 12.7. The molecule has 0 amide bonds. The Morgan fingerprint density at radius 2 is 1.92 bits per heavy atom. The Balaban J connectivity index is 1.45. The van der Waals surface area contributed by atoms with Gasteiger partial charge in [0.05, 0.1) is 5.56 Å². The summed E-state index contributed by atoms with van der Waals surface area (Å²) in [5.74, 6) is 0.739. The highest BCUT2D eigenvalue weighted by Gasteiger charge is 2.15. The molecule has 3 heterocycles. The summed E-state index contributed by atoms with van der Waals surface area (Å²) in [6.45, 7) is 0. The molecule has 130 valence electrons. The number of rotatable bonds is 5. The molecule has 0 saturated carbocycles. The smallest absolute Gasteiger partial charge is 0.250 e. The molecule has 0 aliphatic heterocycles. The van der Waals surface area contributed by atoms with E-state index in [1.165, 1.54) is 12.1 Å². The molecule has 0 saturated heterocycles. The summed E-state index contributed by atoms with van der Waals surface area (Å²) in [4.78, 5) is 8.44. The zero-order valence-corrected chi connectivity index (χ0v) is 14.0. The van der Waals surface area contributed by atoms with Gasteiger partial charge in [-0.1, -0.05) is 22.8 Å². The zero-order chi connectivity index (χ0) is 17.9. The number of hydrogen-bond donors (Lipinski definition) is 0. The molecule has 26 heavy (non-hydrogen) atoms. The van der Waals surface area contributed by atoms with E-state index in [2.05, 4.69) is 25.3 Å². The number of benzene rings is 1. The van der Waals surface area contributed by atoms with E-state index in [0.717, 1.165) is 0 Å². The zero-order valence-electron chi connectivity index (χ0n) is 13.3. The lowest BCUT2D eigenvalue weighted by Crippen LogP contribution is -1.92. The first-order valence-corrected chi connectivity index (χ1v) is 8.08. The molecule has 4 rings (SSSR count). The second kappa shape index (κ2) is 7.01. The number of aromatic nitrogens is 5. The maximum absolute atomic E-state index is 13.9. The van der Waals surface area contributed by atoms with Gasteiger partial charge in [0, 0.05) is 24.1 Å². The summed E-state index contributed by atoms with van der Waals surface area (Å²) in [7, 11) is 0. The van der Waals surface area contributed by atoms with Crippen molar-refractivity contribution in [3.05, 3.63) is 65.2 Å². The molecule has 0 unspecified atom stereocenters. The van der Waals surface area contributed by atoms with Gasteiger partial charge in [-0.25, -0.2) is 4.39 Å². The number of pyridine rings is 1. The fourth-order valence-electron chi connectivity index (χ4n) is 2.30. The van der Waals surface area contributed by atoms with Gasteiger partial charge in [-0.3, -0.25) is 4.98 Å². The molecule has 1 aromatic carbocycles. The van der Waals surface area contributed by atoms with Gasteiger partial charge in [-0.2, -0.15) is 4.98 Å². The highest BCUT2D eigenvalue weighted by Crippen LogP contribution is 2.24. The SMILES string of the molecule is Fc1cc(Cl)ccc1-c1nnc(CCc2nc(-c3ccccn3)no2)o1. The highest BCUT2D eigenvalue weighted by atomic mass is 35.5. The summed E-state index contributed by atoms with van der Waals surface area (Å²) in [5.41, 5.74) is 0.823. The average molecular weight is 372 g/mol. The third-order valence-corrected chi connectivity index (χ3v) is 3.78. The van der Waals surface area contributed by atoms with Gasteiger partial charge in [0.2, 0.25) is 17.6 Å². The van der Waals surface area contributed by atoms with Crippen LogP contribution in [0, 0.1) is 5.82 Å². The van der Waals surface area contributed by atoms with Crippen LogP contribution >= 0.6 is 11.6 Å². The Labute approximate surface area is 151 Å². The first-order valence-electron chi connectivity index (χ1n) is 7.71. The molecule has 0 aliphatic carbocycles. The van der Waals surface area contributed by atoms with Crippen LogP contribution in [0.1, 0.15) is 11.8 Å². The van der Waals surface area contributed by atoms with Crippen molar-refractivity contribution in [1.82, 2.24) is 25.3 Å². The maximum Gasteiger partial charge on any atom is 0.250 e. The van der Waals surface area contributed by atoms with Gasteiger partial charge in [0.1, 0.15) is 11.5 Å². The van der Waals surface area contributed by atoms with Gasteiger partial charge in [0.25, 0.3) is 5.89 Å². The van der Waals surface area contributed by atoms with Gasteiger partial charge >= 0.3 is 0 Å². The van der Waals surface area contributed by atoms with Crippen LogP contribution in [0.4, 0.5) is 4.39 Å². The lowest BCUT2D eigenvalue weighted by Gasteiger charge is -1.97. The van der Waals surface area contributed by atoms with E-state index >= 15 is 0 Å². The van der Waals surface area contributed by atoms with Gasteiger partial charge in [-0.15, -0.1) is 10.2 Å². The number of nitrogens with zero attached hydrogens (tertiary/aromatic N) is 5. The molecule has 0 spiro atoms. The predicted octanol–water partition coefficient (Wildman–Crippen LogP) is 3.76. The van der Waals surface area contributed by atoms with Crippen molar-refractivity contribution in [2.45, 2.75) is 12.8 Å². The van der Waals surface area contributed by atoms with Crippen LogP contribution in [0.2, 0.25) is 5.02 Å². The number of hydrogen-bond acceptors (Lipinski definition) is 7.